The van der Waals surface area contributed by atoms with Gasteiger partial charge in [-0.15, -0.1) is 0 Å². The number of ether oxygens (including phenoxy) is 2. The molecule has 1 saturated heterocycles. The zero-order valence-corrected chi connectivity index (χ0v) is 12.4. The molecule has 0 saturated carbocycles. The lowest BCUT2D eigenvalue weighted by atomic mass is 10.0. The van der Waals surface area contributed by atoms with Crippen molar-refractivity contribution in [3.05, 3.63) is 35.4 Å². The van der Waals surface area contributed by atoms with E-state index < -0.39 is 0 Å². The fraction of sp³-hybridized carbons (Fsp3) is 0.588. The Balaban J connectivity index is 1.45. The van der Waals surface area contributed by atoms with Crippen LogP contribution in [0.4, 0.5) is 0 Å². The number of benzene rings is 1. The van der Waals surface area contributed by atoms with Crippen LogP contribution < -0.4 is 0 Å². The Kier molecular flexibility index (Phi) is 4.88. The summed E-state index contributed by atoms with van der Waals surface area (Å²) in [5.41, 5.74) is 2.74. The first-order valence-electron chi connectivity index (χ1n) is 7.87. The SMILES string of the molecule is O=C(COCC1CCCO1)N1CCc2ccccc2CC1. The highest BCUT2D eigenvalue weighted by molar-refractivity contribution is 5.77. The zero-order valence-electron chi connectivity index (χ0n) is 12.4. The van der Waals surface area contributed by atoms with Crippen LogP contribution in [0.25, 0.3) is 0 Å². The van der Waals surface area contributed by atoms with Gasteiger partial charge in [-0.05, 0) is 36.8 Å². The second kappa shape index (κ2) is 7.05. The third-order valence-corrected chi connectivity index (χ3v) is 4.33. The van der Waals surface area contributed by atoms with Crippen LogP contribution in [-0.4, -0.2) is 49.8 Å². The Bertz CT molecular complexity index is 456. The molecule has 0 spiro atoms. The highest BCUT2D eigenvalue weighted by Gasteiger charge is 2.20. The van der Waals surface area contributed by atoms with Gasteiger partial charge in [0.15, 0.2) is 0 Å². The third kappa shape index (κ3) is 3.83. The van der Waals surface area contributed by atoms with E-state index in [1.807, 2.05) is 4.90 Å². The van der Waals surface area contributed by atoms with Crippen molar-refractivity contribution in [3.63, 3.8) is 0 Å². The Morgan fingerprint density at radius 2 is 1.95 bits per heavy atom. The van der Waals surface area contributed by atoms with Gasteiger partial charge in [-0.3, -0.25) is 4.79 Å². The lowest BCUT2D eigenvalue weighted by molar-refractivity contribution is -0.137. The Hall–Kier alpha value is -1.39. The van der Waals surface area contributed by atoms with Crippen molar-refractivity contribution < 1.29 is 14.3 Å². The highest BCUT2D eigenvalue weighted by atomic mass is 16.5. The first-order chi connectivity index (χ1) is 10.3. The van der Waals surface area contributed by atoms with Gasteiger partial charge in [0.25, 0.3) is 0 Å². The summed E-state index contributed by atoms with van der Waals surface area (Å²) in [6, 6.07) is 8.47. The van der Waals surface area contributed by atoms with Gasteiger partial charge in [-0.2, -0.15) is 0 Å². The molecular weight excluding hydrogens is 266 g/mol. The molecule has 0 radical (unpaired) electrons. The lowest BCUT2D eigenvalue weighted by Crippen LogP contribution is -2.36. The van der Waals surface area contributed by atoms with E-state index in [0.29, 0.717) is 6.61 Å². The van der Waals surface area contributed by atoms with Crippen molar-refractivity contribution >= 4 is 5.91 Å². The molecule has 1 aromatic carbocycles. The molecule has 0 aliphatic carbocycles. The van der Waals surface area contributed by atoms with Crippen molar-refractivity contribution in [2.75, 3.05) is 32.9 Å². The molecule has 1 unspecified atom stereocenters. The molecule has 21 heavy (non-hydrogen) atoms. The van der Waals surface area contributed by atoms with E-state index in [2.05, 4.69) is 24.3 Å². The molecule has 2 aliphatic heterocycles. The summed E-state index contributed by atoms with van der Waals surface area (Å²) in [5.74, 6) is 0.0980. The van der Waals surface area contributed by atoms with E-state index in [9.17, 15) is 4.79 Å². The number of nitrogens with zero attached hydrogens (tertiary/aromatic N) is 1. The Labute approximate surface area is 126 Å². The van der Waals surface area contributed by atoms with Gasteiger partial charge in [0, 0.05) is 19.7 Å². The third-order valence-electron chi connectivity index (χ3n) is 4.33. The quantitative estimate of drug-likeness (QED) is 0.848. The zero-order chi connectivity index (χ0) is 14.5. The minimum Gasteiger partial charge on any atom is -0.376 e. The number of amides is 1. The smallest absolute Gasteiger partial charge is 0.248 e. The van der Waals surface area contributed by atoms with Gasteiger partial charge in [-0.1, -0.05) is 24.3 Å². The van der Waals surface area contributed by atoms with Gasteiger partial charge < -0.3 is 14.4 Å². The van der Waals surface area contributed by atoms with Crippen LogP contribution in [0.1, 0.15) is 24.0 Å². The standard InChI is InChI=1S/C17H23NO3/c19-17(13-20-12-16-6-3-11-21-16)18-9-7-14-4-1-2-5-15(14)8-10-18/h1-2,4-5,16H,3,6-13H2. The molecule has 1 fully saturated rings. The van der Waals surface area contributed by atoms with Gasteiger partial charge in [0.1, 0.15) is 6.61 Å². The van der Waals surface area contributed by atoms with E-state index in [1.165, 1.54) is 11.1 Å². The fourth-order valence-electron chi connectivity index (χ4n) is 3.06. The van der Waals surface area contributed by atoms with E-state index in [0.717, 1.165) is 45.4 Å². The molecule has 0 bridgehead atoms. The summed E-state index contributed by atoms with van der Waals surface area (Å²) in [4.78, 5) is 14.2. The van der Waals surface area contributed by atoms with Crippen LogP contribution in [0.3, 0.4) is 0 Å². The maximum absolute atomic E-state index is 12.2. The molecule has 4 nitrogen and oxygen atoms in total. The maximum atomic E-state index is 12.2. The molecule has 2 aliphatic rings. The van der Waals surface area contributed by atoms with Crippen molar-refractivity contribution in [2.45, 2.75) is 31.8 Å². The maximum Gasteiger partial charge on any atom is 0.248 e. The van der Waals surface area contributed by atoms with Crippen LogP contribution in [0.15, 0.2) is 24.3 Å². The molecule has 1 aromatic rings. The number of carbonyl (C=O) groups is 1. The summed E-state index contributed by atoms with van der Waals surface area (Å²) in [6.45, 7) is 3.13. The van der Waals surface area contributed by atoms with Crippen molar-refractivity contribution in [1.29, 1.82) is 0 Å². The number of fused-ring (bicyclic) bond motifs is 1. The summed E-state index contributed by atoms with van der Waals surface area (Å²) >= 11 is 0. The Morgan fingerprint density at radius 1 is 1.24 bits per heavy atom. The largest absolute Gasteiger partial charge is 0.376 e. The van der Waals surface area contributed by atoms with E-state index in [4.69, 9.17) is 9.47 Å². The molecule has 0 aromatic heterocycles. The van der Waals surface area contributed by atoms with Gasteiger partial charge in [0.05, 0.1) is 12.7 Å². The average Bonchev–Trinajstić information content (AvgIpc) is 2.92. The number of hydrogen-bond acceptors (Lipinski definition) is 3. The molecule has 0 N–H and O–H groups in total. The minimum atomic E-state index is 0.0980. The lowest BCUT2D eigenvalue weighted by Gasteiger charge is -2.20. The normalized spacial score (nSPS) is 21.9. The van der Waals surface area contributed by atoms with Crippen LogP contribution in [0, 0.1) is 0 Å². The molecular formula is C17H23NO3. The molecule has 114 valence electrons. The van der Waals surface area contributed by atoms with E-state index in [1.54, 1.807) is 0 Å². The average molecular weight is 289 g/mol. The van der Waals surface area contributed by atoms with Crippen LogP contribution in [0.5, 0.6) is 0 Å². The molecule has 1 atom stereocenters. The second-order valence-corrected chi connectivity index (χ2v) is 5.80. The van der Waals surface area contributed by atoms with E-state index in [-0.39, 0.29) is 18.6 Å². The van der Waals surface area contributed by atoms with Crippen molar-refractivity contribution in [1.82, 2.24) is 4.90 Å². The van der Waals surface area contributed by atoms with Crippen LogP contribution >= 0.6 is 0 Å². The Morgan fingerprint density at radius 3 is 2.57 bits per heavy atom. The number of carbonyl (C=O) groups excluding carboxylic acids is 1. The summed E-state index contributed by atoms with van der Waals surface area (Å²) in [7, 11) is 0. The van der Waals surface area contributed by atoms with Crippen molar-refractivity contribution in [3.8, 4) is 0 Å². The molecule has 1 amide bonds. The monoisotopic (exact) mass is 289 g/mol. The topological polar surface area (TPSA) is 38.8 Å². The minimum absolute atomic E-state index is 0.0980. The van der Waals surface area contributed by atoms with Crippen LogP contribution in [-0.2, 0) is 27.1 Å². The summed E-state index contributed by atoms with van der Waals surface area (Å²) in [6.07, 6.45) is 4.21. The first-order valence-corrected chi connectivity index (χ1v) is 7.87. The predicted octanol–water partition coefficient (Wildman–Crippen LogP) is 1.81. The molecule has 3 rings (SSSR count). The number of rotatable bonds is 4. The predicted molar refractivity (Wildman–Crippen MR) is 80.2 cm³/mol. The highest BCUT2D eigenvalue weighted by Crippen LogP contribution is 2.16. The fourth-order valence-corrected chi connectivity index (χ4v) is 3.06. The summed E-state index contributed by atoms with van der Waals surface area (Å²) < 4.78 is 11.0. The first kappa shape index (κ1) is 14.5. The molecule has 4 heteroatoms. The van der Waals surface area contributed by atoms with Gasteiger partial charge >= 0.3 is 0 Å². The van der Waals surface area contributed by atoms with E-state index >= 15 is 0 Å². The number of hydrogen-bond donors (Lipinski definition) is 0. The van der Waals surface area contributed by atoms with Gasteiger partial charge in [0.2, 0.25) is 5.91 Å². The second-order valence-electron chi connectivity index (χ2n) is 5.80. The molecule has 2 heterocycles. The van der Waals surface area contributed by atoms with Crippen molar-refractivity contribution in [2.24, 2.45) is 0 Å². The van der Waals surface area contributed by atoms with Crippen LogP contribution in [0.2, 0.25) is 0 Å². The summed E-state index contributed by atoms with van der Waals surface area (Å²) in [5, 5.41) is 0. The van der Waals surface area contributed by atoms with Gasteiger partial charge in [-0.25, -0.2) is 0 Å².